The van der Waals surface area contributed by atoms with E-state index in [-0.39, 0.29) is 16.3 Å². The molecule has 2 saturated heterocycles. The van der Waals surface area contributed by atoms with E-state index in [1.165, 1.54) is 6.33 Å². The number of fused-ring (bicyclic) bond motifs is 1. The first kappa shape index (κ1) is 18.5. The highest BCUT2D eigenvalue weighted by atomic mass is 32.2. The highest BCUT2D eigenvalue weighted by molar-refractivity contribution is 7.89. The van der Waals surface area contributed by atoms with Gasteiger partial charge >= 0.3 is 0 Å². The number of hydrogen-bond acceptors (Lipinski definition) is 7. The molecule has 2 aliphatic heterocycles. The maximum absolute atomic E-state index is 13.3. The molecule has 4 heterocycles. The number of rotatable bonds is 3. The molecular weight excluding hydrogens is 392 g/mol. The van der Waals surface area contributed by atoms with Gasteiger partial charge in [0.25, 0.3) is 0 Å². The third kappa shape index (κ3) is 2.90. The number of sulfonamides is 1. The molecule has 1 aromatic carbocycles. The number of benzene rings is 1. The van der Waals surface area contributed by atoms with E-state index in [1.54, 1.807) is 27.2 Å². The van der Waals surface area contributed by atoms with Gasteiger partial charge in [-0.05, 0) is 43.9 Å². The maximum Gasteiger partial charge on any atom is 0.243 e. The lowest BCUT2D eigenvalue weighted by Gasteiger charge is -2.23. The summed E-state index contributed by atoms with van der Waals surface area (Å²) in [5.41, 5.74) is 8.33. The molecule has 1 unspecified atom stereocenters. The van der Waals surface area contributed by atoms with Gasteiger partial charge in [-0.1, -0.05) is 6.07 Å². The molecule has 29 heavy (non-hydrogen) atoms. The minimum Gasteiger partial charge on any atom is -0.381 e. The second-order valence-corrected chi connectivity index (χ2v) is 9.66. The second-order valence-electron chi connectivity index (χ2n) is 7.72. The van der Waals surface area contributed by atoms with Crippen molar-refractivity contribution >= 4 is 21.5 Å². The highest BCUT2D eigenvalue weighted by Crippen LogP contribution is 2.38. The van der Waals surface area contributed by atoms with Crippen LogP contribution in [0.4, 0.5) is 5.82 Å². The molecule has 0 saturated carbocycles. The van der Waals surface area contributed by atoms with Crippen LogP contribution in [0.1, 0.15) is 24.8 Å². The molecule has 5 rings (SSSR count). The largest absolute Gasteiger partial charge is 0.381 e. The fraction of sp³-hybridized carbons (Fsp3) is 0.421. The van der Waals surface area contributed by atoms with Crippen LogP contribution in [0.2, 0.25) is 0 Å². The molecule has 2 fully saturated rings. The van der Waals surface area contributed by atoms with Crippen LogP contribution in [0.5, 0.6) is 0 Å². The molecule has 9 nitrogen and oxygen atoms in total. The summed E-state index contributed by atoms with van der Waals surface area (Å²) in [7, 11) is -3.63. The van der Waals surface area contributed by atoms with E-state index in [9.17, 15) is 8.42 Å². The van der Waals surface area contributed by atoms with E-state index in [0.29, 0.717) is 31.0 Å². The molecule has 2 aliphatic rings. The molecule has 1 spiro atoms. The normalized spacial score (nSPS) is 22.8. The topological polar surface area (TPSA) is 116 Å². The molecule has 0 aliphatic carbocycles. The summed E-state index contributed by atoms with van der Waals surface area (Å²) < 4.78 is 35.7. The molecule has 10 heteroatoms. The predicted octanol–water partition coefficient (Wildman–Crippen LogP) is 1.63. The minimum absolute atomic E-state index is 0.255. The number of nitrogens with zero attached hydrogens (tertiary/aromatic N) is 5. The Morgan fingerprint density at radius 3 is 2.90 bits per heavy atom. The Morgan fingerprint density at radius 2 is 2.10 bits per heavy atom. The van der Waals surface area contributed by atoms with Crippen LogP contribution in [0.15, 0.2) is 35.6 Å². The van der Waals surface area contributed by atoms with Gasteiger partial charge in [0.15, 0.2) is 11.5 Å². The fourth-order valence-corrected chi connectivity index (χ4v) is 5.84. The first-order valence-corrected chi connectivity index (χ1v) is 11.0. The number of hydrogen-bond donors (Lipinski definition) is 1. The van der Waals surface area contributed by atoms with Gasteiger partial charge in [-0.3, -0.25) is 0 Å². The number of anilines is 1. The Hall–Kier alpha value is -2.56. The number of imidazole rings is 1. The summed E-state index contributed by atoms with van der Waals surface area (Å²) in [6.07, 6.45) is 5.64. The van der Waals surface area contributed by atoms with Crippen LogP contribution in [-0.4, -0.2) is 57.6 Å². The van der Waals surface area contributed by atoms with Gasteiger partial charge in [-0.15, -0.1) is 0 Å². The number of nitrogen functional groups attached to an aromatic ring is 1. The van der Waals surface area contributed by atoms with E-state index >= 15 is 0 Å². The fourth-order valence-electron chi connectivity index (χ4n) is 4.30. The zero-order chi connectivity index (χ0) is 20.2. The van der Waals surface area contributed by atoms with Crippen molar-refractivity contribution in [2.75, 3.05) is 25.4 Å². The zero-order valence-corrected chi connectivity index (χ0v) is 16.9. The second kappa shape index (κ2) is 6.48. The number of aromatic nitrogens is 4. The quantitative estimate of drug-likeness (QED) is 0.692. The van der Waals surface area contributed by atoms with Crippen molar-refractivity contribution in [2.24, 2.45) is 0 Å². The highest BCUT2D eigenvalue weighted by Gasteiger charge is 2.45. The van der Waals surface area contributed by atoms with Crippen LogP contribution < -0.4 is 5.73 Å². The molecule has 0 amide bonds. The van der Waals surface area contributed by atoms with Gasteiger partial charge in [0.1, 0.15) is 6.33 Å². The van der Waals surface area contributed by atoms with Crippen LogP contribution in [0.3, 0.4) is 0 Å². The SMILES string of the molecule is Cc1ccc(S(=O)(=O)N2CCC3(CCCO3)C2)cc1-c1cnc2c(N)ncnn12. The summed E-state index contributed by atoms with van der Waals surface area (Å²) >= 11 is 0. The Labute approximate surface area is 168 Å². The van der Waals surface area contributed by atoms with E-state index in [2.05, 4.69) is 15.1 Å². The lowest BCUT2D eigenvalue weighted by atomic mass is 10.00. The van der Waals surface area contributed by atoms with Crippen molar-refractivity contribution in [3.63, 3.8) is 0 Å². The van der Waals surface area contributed by atoms with Gasteiger partial charge in [-0.2, -0.15) is 9.40 Å². The Balaban J connectivity index is 1.55. The molecule has 152 valence electrons. The lowest BCUT2D eigenvalue weighted by molar-refractivity contribution is 0.0175. The lowest BCUT2D eigenvalue weighted by Crippen LogP contribution is -2.35. The number of aryl methyl sites for hydroxylation is 1. The van der Waals surface area contributed by atoms with E-state index in [1.807, 2.05) is 13.0 Å². The third-order valence-corrected chi connectivity index (χ3v) is 7.76. The first-order chi connectivity index (χ1) is 13.9. The third-order valence-electron chi connectivity index (χ3n) is 5.92. The number of nitrogens with two attached hydrogens (primary N) is 1. The van der Waals surface area contributed by atoms with Crippen molar-refractivity contribution in [2.45, 2.75) is 36.7 Å². The van der Waals surface area contributed by atoms with Crippen LogP contribution in [0.25, 0.3) is 16.9 Å². The molecule has 2 N–H and O–H groups in total. The zero-order valence-electron chi connectivity index (χ0n) is 16.1. The molecule has 0 radical (unpaired) electrons. The monoisotopic (exact) mass is 414 g/mol. The summed E-state index contributed by atoms with van der Waals surface area (Å²) in [5, 5.41) is 4.22. The molecule has 0 bridgehead atoms. The smallest absolute Gasteiger partial charge is 0.243 e. The minimum atomic E-state index is -3.63. The standard InChI is InChI=1S/C19H22N6O3S/c1-13-3-4-14(29(26,27)24-7-6-19(11-24)5-2-8-28-19)9-15(13)16-10-21-18-17(20)22-12-23-25(16)18/h3-4,9-10,12H,2,5-8,11H2,1H3,(H2,20,22,23). The van der Waals surface area contributed by atoms with Crippen molar-refractivity contribution < 1.29 is 13.2 Å². The van der Waals surface area contributed by atoms with E-state index in [0.717, 1.165) is 30.4 Å². The van der Waals surface area contributed by atoms with E-state index in [4.69, 9.17) is 10.5 Å². The van der Waals surface area contributed by atoms with Crippen molar-refractivity contribution in [1.82, 2.24) is 23.9 Å². The van der Waals surface area contributed by atoms with Crippen LogP contribution in [0, 0.1) is 6.92 Å². The Kier molecular flexibility index (Phi) is 4.12. The summed E-state index contributed by atoms with van der Waals surface area (Å²) in [5.74, 6) is 0.270. The Bertz CT molecular complexity index is 1200. The van der Waals surface area contributed by atoms with Crippen molar-refractivity contribution in [3.8, 4) is 11.3 Å². The molecule has 1 atom stereocenters. The average molecular weight is 414 g/mol. The van der Waals surface area contributed by atoms with Gasteiger partial charge in [0, 0.05) is 25.3 Å². The van der Waals surface area contributed by atoms with Crippen molar-refractivity contribution in [3.05, 3.63) is 36.3 Å². The summed E-state index contributed by atoms with van der Waals surface area (Å²) in [4.78, 5) is 8.49. The van der Waals surface area contributed by atoms with E-state index < -0.39 is 10.0 Å². The molecule has 2 aromatic heterocycles. The average Bonchev–Trinajstić information content (AvgIpc) is 3.44. The van der Waals surface area contributed by atoms with Crippen LogP contribution >= 0.6 is 0 Å². The van der Waals surface area contributed by atoms with Gasteiger partial charge in [-0.25, -0.2) is 22.9 Å². The van der Waals surface area contributed by atoms with Crippen molar-refractivity contribution in [1.29, 1.82) is 0 Å². The maximum atomic E-state index is 13.3. The van der Waals surface area contributed by atoms with Gasteiger partial charge in [0.05, 0.1) is 22.4 Å². The molecular formula is C19H22N6O3S. The van der Waals surface area contributed by atoms with Crippen LogP contribution in [-0.2, 0) is 14.8 Å². The number of ether oxygens (including phenoxy) is 1. The molecule has 3 aromatic rings. The summed E-state index contributed by atoms with van der Waals surface area (Å²) in [6.45, 7) is 3.53. The van der Waals surface area contributed by atoms with Gasteiger partial charge < -0.3 is 10.5 Å². The predicted molar refractivity (Wildman–Crippen MR) is 107 cm³/mol. The first-order valence-electron chi connectivity index (χ1n) is 9.59. The van der Waals surface area contributed by atoms with Gasteiger partial charge in [0.2, 0.25) is 10.0 Å². The summed E-state index contributed by atoms with van der Waals surface area (Å²) in [6, 6.07) is 5.15. The Morgan fingerprint density at radius 1 is 1.24 bits per heavy atom.